The highest BCUT2D eigenvalue weighted by Gasteiger charge is 2.26. The Morgan fingerprint density at radius 3 is 2.44 bits per heavy atom. The number of aliphatic hydroxyl groups is 1. The molecule has 1 fully saturated rings. The van der Waals surface area contributed by atoms with E-state index in [4.69, 9.17) is 9.47 Å². The molecule has 1 aromatic carbocycles. The highest BCUT2D eigenvalue weighted by atomic mass is 19.1. The summed E-state index contributed by atoms with van der Waals surface area (Å²) in [6, 6.07) is 4.94. The molecule has 2 rings (SSSR count). The number of benzene rings is 1. The van der Waals surface area contributed by atoms with Crippen molar-refractivity contribution in [1.29, 1.82) is 0 Å². The van der Waals surface area contributed by atoms with Crippen molar-refractivity contribution >= 4 is 11.8 Å². The van der Waals surface area contributed by atoms with Crippen LogP contribution in [0.1, 0.15) is 26.3 Å². The topological polar surface area (TPSA) is 62.2 Å². The number of carbonyl (C=O) groups is 1. The molecule has 0 aliphatic carbocycles. The van der Waals surface area contributed by atoms with Crippen LogP contribution < -0.4 is 4.90 Å². The maximum Gasteiger partial charge on any atom is 0.410 e. The van der Waals surface area contributed by atoms with Crippen molar-refractivity contribution in [2.24, 2.45) is 0 Å². The Labute approximate surface area is 148 Å². The number of ether oxygens (including phenoxy) is 2. The fraction of sp³-hybridized carbons (Fsp3) is 0.611. The van der Waals surface area contributed by atoms with E-state index in [1.807, 2.05) is 31.7 Å². The van der Waals surface area contributed by atoms with E-state index in [9.17, 15) is 14.3 Å². The third-order valence-electron chi connectivity index (χ3n) is 4.00. The van der Waals surface area contributed by atoms with Crippen LogP contribution in [0.2, 0.25) is 0 Å². The molecule has 0 spiro atoms. The summed E-state index contributed by atoms with van der Waals surface area (Å²) in [4.78, 5) is 15.8. The van der Waals surface area contributed by atoms with Crippen LogP contribution in [0.15, 0.2) is 18.2 Å². The molecule has 0 saturated carbocycles. The summed E-state index contributed by atoms with van der Waals surface area (Å²) in [6.07, 6.45) is -1.23. The summed E-state index contributed by atoms with van der Waals surface area (Å²) >= 11 is 0. The van der Waals surface area contributed by atoms with Crippen molar-refractivity contribution in [1.82, 2.24) is 4.90 Å². The molecule has 7 heteroatoms. The van der Waals surface area contributed by atoms with Crippen molar-refractivity contribution in [3.63, 3.8) is 0 Å². The first-order valence-electron chi connectivity index (χ1n) is 8.42. The second-order valence-electron chi connectivity index (χ2n) is 7.12. The van der Waals surface area contributed by atoms with Gasteiger partial charge in [0.2, 0.25) is 0 Å². The number of nitrogens with zero attached hydrogens (tertiary/aromatic N) is 2. The molecule has 1 amide bonds. The smallest absolute Gasteiger partial charge is 0.410 e. The Morgan fingerprint density at radius 2 is 1.92 bits per heavy atom. The van der Waals surface area contributed by atoms with Crippen LogP contribution in [0, 0.1) is 5.82 Å². The number of rotatable bonds is 4. The summed E-state index contributed by atoms with van der Waals surface area (Å²) in [5.74, 6) is -0.372. The number of piperazine rings is 1. The number of aliphatic hydroxyl groups excluding tert-OH is 1. The van der Waals surface area contributed by atoms with E-state index in [2.05, 4.69) is 0 Å². The minimum atomic E-state index is -1.02. The number of halogens is 1. The lowest BCUT2D eigenvalue weighted by molar-refractivity contribution is -0.0724. The number of carbonyl (C=O) groups excluding carboxylic acids is 1. The average Bonchev–Trinajstić information content (AvgIpc) is 2.55. The normalized spacial score (nSPS) is 16.7. The fourth-order valence-corrected chi connectivity index (χ4v) is 2.64. The highest BCUT2D eigenvalue weighted by Crippen LogP contribution is 2.22. The summed E-state index contributed by atoms with van der Waals surface area (Å²) in [7, 11) is 1.38. The first kappa shape index (κ1) is 19.5. The molecule has 1 atom stereocenters. The highest BCUT2D eigenvalue weighted by molar-refractivity contribution is 5.68. The summed E-state index contributed by atoms with van der Waals surface area (Å²) in [6.45, 7) is 7.79. The first-order chi connectivity index (χ1) is 11.7. The van der Waals surface area contributed by atoms with Crippen molar-refractivity contribution in [2.75, 3.05) is 38.2 Å². The van der Waals surface area contributed by atoms with Gasteiger partial charge in [0.1, 0.15) is 11.4 Å². The van der Waals surface area contributed by atoms with Gasteiger partial charge in [0.15, 0.2) is 6.29 Å². The average molecular weight is 354 g/mol. The lowest BCUT2D eigenvalue weighted by Gasteiger charge is -2.36. The molecule has 6 nitrogen and oxygen atoms in total. The Morgan fingerprint density at radius 1 is 1.28 bits per heavy atom. The SMILES string of the molecule is COC(O)Cc1ccc(N2CCN(C(=O)OC(C)(C)C)CC2)cc1F. The summed E-state index contributed by atoms with van der Waals surface area (Å²) < 4.78 is 24.3. The van der Waals surface area contributed by atoms with Gasteiger partial charge in [-0.05, 0) is 38.5 Å². The molecule has 140 valence electrons. The van der Waals surface area contributed by atoms with Crippen LogP contribution >= 0.6 is 0 Å². The maximum atomic E-state index is 14.2. The molecule has 1 N–H and O–H groups in total. The van der Waals surface area contributed by atoms with Gasteiger partial charge in [-0.3, -0.25) is 0 Å². The van der Waals surface area contributed by atoms with Gasteiger partial charge >= 0.3 is 6.09 Å². The van der Waals surface area contributed by atoms with E-state index >= 15 is 0 Å². The summed E-state index contributed by atoms with van der Waals surface area (Å²) in [5.41, 5.74) is 0.655. The Bertz CT molecular complexity index is 595. The van der Waals surface area contributed by atoms with Crippen LogP contribution in [0.3, 0.4) is 0 Å². The van der Waals surface area contributed by atoms with Gasteiger partial charge in [-0.2, -0.15) is 0 Å². The van der Waals surface area contributed by atoms with E-state index in [1.165, 1.54) is 13.2 Å². The minimum Gasteiger partial charge on any atom is -0.444 e. The lowest BCUT2D eigenvalue weighted by Crippen LogP contribution is -2.50. The zero-order valence-corrected chi connectivity index (χ0v) is 15.3. The van der Waals surface area contributed by atoms with Crippen LogP contribution in [0.25, 0.3) is 0 Å². The minimum absolute atomic E-state index is 0.106. The molecule has 0 bridgehead atoms. The Kier molecular flexibility index (Phi) is 6.24. The molecule has 1 heterocycles. The molecule has 25 heavy (non-hydrogen) atoms. The van der Waals surface area contributed by atoms with Gasteiger partial charge in [0.05, 0.1) is 0 Å². The van der Waals surface area contributed by atoms with Gasteiger partial charge in [0, 0.05) is 45.4 Å². The van der Waals surface area contributed by atoms with Crippen molar-refractivity contribution < 1.29 is 23.8 Å². The van der Waals surface area contributed by atoms with E-state index in [0.29, 0.717) is 31.7 Å². The Hall–Kier alpha value is -1.86. The van der Waals surface area contributed by atoms with E-state index < -0.39 is 11.9 Å². The van der Waals surface area contributed by atoms with Gasteiger partial charge in [-0.15, -0.1) is 0 Å². The second-order valence-corrected chi connectivity index (χ2v) is 7.12. The predicted molar refractivity (Wildman–Crippen MR) is 93.1 cm³/mol. The van der Waals surface area contributed by atoms with Crippen LogP contribution in [-0.4, -0.2) is 61.3 Å². The fourth-order valence-electron chi connectivity index (χ4n) is 2.64. The lowest BCUT2D eigenvalue weighted by atomic mass is 10.1. The van der Waals surface area contributed by atoms with Gasteiger partial charge in [0.25, 0.3) is 0 Å². The predicted octanol–water partition coefficient (Wildman–Crippen LogP) is 2.39. The zero-order chi connectivity index (χ0) is 18.6. The third-order valence-corrected chi connectivity index (χ3v) is 4.00. The quantitative estimate of drug-likeness (QED) is 0.842. The number of hydrogen-bond acceptors (Lipinski definition) is 5. The largest absolute Gasteiger partial charge is 0.444 e. The molecule has 1 unspecified atom stereocenters. The summed E-state index contributed by atoms with van der Waals surface area (Å²) in [5, 5.41) is 9.47. The van der Waals surface area contributed by atoms with Gasteiger partial charge in [-0.1, -0.05) is 6.07 Å². The van der Waals surface area contributed by atoms with Crippen molar-refractivity contribution in [3.05, 3.63) is 29.6 Å². The molecule has 1 saturated heterocycles. The first-order valence-corrected chi connectivity index (χ1v) is 8.42. The zero-order valence-electron chi connectivity index (χ0n) is 15.3. The van der Waals surface area contributed by atoms with Crippen LogP contribution in [0.5, 0.6) is 0 Å². The monoisotopic (exact) mass is 354 g/mol. The molecule has 1 aliphatic rings. The molecular formula is C18H27FN2O4. The van der Waals surface area contributed by atoms with Crippen LogP contribution in [-0.2, 0) is 15.9 Å². The van der Waals surface area contributed by atoms with E-state index in [-0.39, 0.29) is 18.3 Å². The van der Waals surface area contributed by atoms with Crippen LogP contribution in [0.4, 0.5) is 14.9 Å². The number of hydrogen-bond donors (Lipinski definition) is 1. The second kappa shape index (κ2) is 8.01. The standard InChI is InChI=1S/C18H27FN2O4/c1-18(2,3)25-17(23)21-9-7-20(8-10-21)14-6-5-13(15(19)12-14)11-16(22)24-4/h5-6,12,16,22H,7-11H2,1-4H3. The molecule has 1 aromatic rings. The van der Waals surface area contributed by atoms with E-state index in [0.717, 1.165) is 5.69 Å². The third kappa shape index (κ3) is 5.57. The molecule has 1 aliphatic heterocycles. The Balaban J connectivity index is 1.94. The molecular weight excluding hydrogens is 327 g/mol. The number of anilines is 1. The van der Waals surface area contributed by atoms with E-state index in [1.54, 1.807) is 11.0 Å². The molecule has 0 aromatic heterocycles. The molecule has 0 radical (unpaired) electrons. The van der Waals surface area contributed by atoms with Gasteiger partial charge < -0.3 is 24.4 Å². The van der Waals surface area contributed by atoms with Crippen molar-refractivity contribution in [2.45, 2.75) is 39.1 Å². The van der Waals surface area contributed by atoms with Gasteiger partial charge in [-0.25, -0.2) is 9.18 Å². The number of amides is 1. The number of methoxy groups -OCH3 is 1. The maximum absolute atomic E-state index is 14.2. The van der Waals surface area contributed by atoms with Crippen molar-refractivity contribution in [3.8, 4) is 0 Å².